The van der Waals surface area contributed by atoms with E-state index in [1.54, 1.807) is 7.11 Å². The maximum atomic E-state index is 6.20. The first-order chi connectivity index (χ1) is 9.72. The number of rotatable bonds is 5. The van der Waals surface area contributed by atoms with Gasteiger partial charge in [0.15, 0.2) is 5.96 Å². The van der Waals surface area contributed by atoms with Gasteiger partial charge in [-0.2, -0.15) is 0 Å². The monoisotopic (exact) mass is 313 g/mol. The van der Waals surface area contributed by atoms with Crippen molar-refractivity contribution in [3.8, 4) is 0 Å². The minimum absolute atomic E-state index is 0.0154. The van der Waals surface area contributed by atoms with E-state index in [4.69, 9.17) is 27.9 Å². The summed E-state index contributed by atoms with van der Waals surface area (Å²) in [4.78, 5) is 4.41. The van der Waals surface area contributed by atoms with E-state index in [0.29, 0.717) is 29.7 Å². The van der Waals surface area contributed by atoms with Crippen LogP contribution in [0, 0.1) is 0 Å². The predicted octanol–water partition coefficient (Wildman–Crippen LogP) is 2.79. The quantitative estimate of drug-likeness (QED) is 0.822. The van der Waals surface area contributed by atoms with Gasteiger partial charge < -0.3 is 15.4 Å². The smallest absolute Gasteiger partial charge is 0.192 e. The number of hydrogen-bond donors (Lipinski definition) is 2. The van der Waals surface area contributed by atoms with Crippen molar-refractivity contribution in [1.82, 2.24) is 10.6 Å². The highest BCUT2D eigenvalue weighted by molar-refractivity contribution is 6.36. The van der Waals surface area contributed by atoms with Gasteiger partial charge in [-0.3, -0.25) is 4.99 Å². The van der Waals surface area contributed by atoms with Crippen LogP contribution in [0.4, 0.5) is 0 Å². The van der Waals surface area contributed by atoms with Crippen LogP contribution in [0.15, 0.2) is 35.3 Å². The standard InChI is InChI=1S/C14H17Cl2N3O/c1-20-8-3-2-7-17-14-18-9-12(19-14)13-10(15)5-4-6-11(13)16/h2-6,12H,7-9H2,1H3,(H2,17,18,19)/b3-2+. The molecule has 2 N–H and O–H groups in total. The van der Waals surface area contributed by atoms with E-state index in [1.165, 1.54) is 0 Å². The molecule has 0 radical (unpaired) electrons. The number of ether oxygens (including phenoxy) is 1. The van der Waals surface area contributed by atoms with E-state index in [0.717, 1.165) is 11.5 Å². The lowest BCUT2D eigenvalue weighted by Crippen LogP contribution is -2.35. The maximum absolute atomic E-state index is 6.20. The highest BCUT2D eigenvalue weighted by atomic mass is 35.5. The zero-order valence-electron chi connectivity index (χ0n) is 11.2. The van der Waals surface area contributed by atoms with Crippen molar-refractivity contribution in [3.05, 3.63) is 46.0 Å². The minimum Gasteiger partial charge on any atom is -0.381 e. The summed E-state index contributed by atoms with van der Waals surface area (Å²) in [6.45, 7) is 1.92. The van der Waals surface area contributed by atoms with Crippen LogP contribution in [-0.2, 0) is 4.74 Å². The molecule has 1 atom stereocenters. The third-order valence-corrected chi connectivity index (χ3v) is 3.57. The Kier molecular flexibility index (Phi) is 5.71. The van der Waals surface area contributed by atoms with Crippen molar-refractivity contribution in [3.63, 3.8) is 0 Å². The first-order valence-electron chi connectivity index (χ1n) is 6.35. The van der Waals surface area contributed by atoms with E-state index in [-0.39, 0.29) is 6.04 Å². The molecule has 0 aliphatic carbocycles. The van der Waals surface area contributed by atoms with Crippen molar-refractivity contribution in [2.45, 2.75) is 6.04 Å². The first-order valence-corrected chi connectivity index (χ1v) is 7.10. The molecule has 108 valence electrons. The lowest BCUT2D eigenvalue weighted by molar-refractivity contribution is 0.233. The Morgan fingerprint density at radius 3 is 2.85 bits per heavy atom. The fraction of sp³-hybridized carbons (Fsp3) is 0.357. The van der Waals surface area contributed by atoms with Gasteiger partial charge in [0, 0.05) is 29.3 Å². The number of nitrogens with zero attached hydrogens (tertiary/aromatic N) is 1. The number of benzene rings is 1. The number of methoxy groups -OCH3 is 1. The molecule has 4 nitrogen and oxygen atoms in total. The number of guanidine groups is 1. The molecule has 1 aromatic rings. The second-order valence-electron chi connectivity index (χ2n) is 4.33. The number of aliphatic imine (C=N–C) groups is 1. The predicted molar refractivity (Wildman–Crippen MR) is 83.7 cm³/mol. The van der Waals surface area contributed by atoms with Crippen LogP contribution in [0.2, 0.25) is 10.0 Å². The van der Waals surface area contributed by atoms with Crippen LogP contribution in [0.3, 0.4) is 0 Å². The van der Waals surface area contributed by atoms with E-state index < -0.39 is 0 Å². The fourth-order valence-electron chi connectivity index (χ4n) is 1.96. The molecule has 1 aliphatic heterocycles. The molecule has 20 heavy (non-hydrogen) atoms. The Morgan fingerprint density at radius 1 is 1.40 bits per heavy atom. The van der Waals surface area contributed by atoms with Gasteiger partial charge in [0.2, 0.25) is 0 Å². The van der Waals surface area contributed by atoms with Gasteiger partial charge in [0.25, 0.3) is 0 Å². The Morgan fingerprint density at radius 2 is 2.15 bits per heavy atom. The van der Waals surface area contributed by atoms with Crippen LogP contribution in [0.1, 0.15) is 11.6 Å². The summed E-state index contributed by atoms with van der Waals surface area (Å²) in [5.74, 6) is 0.757. The van der Waals surface area contributed by atoms with Crippen molar-refractivity contribution >= 4 is 29.2 Å². The molecule has 0 fully saturated rings. The van der Waals surface area contributed by atoms with Crippen molar-refractivity contribution in [1.29, 1.82) is 0 Å². The molecular weight excluding hydrogens is 297 g/mol. The average molecular weight is 314 g/mol. The highest BCUT2D eigenvalue weighted by Gasteiger charge is 2.23. The van der Waals surface area contributed by atoms with E-state index in [2.05, 4.69) is 15.6 Å². The molecule has 1 unspecified atom stereocenters. The summed E-state index contributed by atoms with van der Waals surface area (Å²) in [5.41, 5.74) is 0.895. The first kappa shape index (κ1) is 15.2. The van der Waals surface area contributed by atoms with Crippen molar-refractivity contribution in [2.24, 2.45) is 4.99 Å². The van der Waals surface area contributed by atoms with Crippen LogP contribution in [0.5, 0.6) is 0 Å². The van der Waals surface area contributed by atoms with Gasteiger partial charge >= 0.3 is 0 Å². The average Bonchev–Trinajstić information content (AvgIpc) is 2.87. The Bertz CT molecular complexity index is 497. The van der Waals surface area contributed by atoms with Crippen molar-refractivity contribution in [2.75, 3.05) is 26.8 Å². The van der Waals surface area contributed by atoms with Crippen LogP contribution in [0.25, 0.3) is 0 Å². The normalized spacial score (nSPS) is 18.1. The fourth-order valence-corrected chi connectivity index (χ4v) is 2.62. The van der Waals surface area contributed by atoms with Gasteiger partial charge in [0.05, 0.1) is 19.2 Å². The molecule has 6 heteroatoms. The summed E-state index contributed by atoms with van der Waals surface area (Å²) in [6.07, 6.45) is 3.94. The second kappa shape index (κ2) is 7.53. The van der Waals surface area contributed by atoms with Gasteiger partial charge in [-0.05, 0) is 12.1 Å². The topological polar surface area (TPSA) is 45.6 Å². The number of nitrogens with one attached hydrogen (secondary N) is 2. The van der Waals surface area contributed by atoms with Gasteiger partial charge in [-0.15, -0.1) is 0 Å². The van der Waals surface area contributed by atoms with Crippen LogP contribution >= 0.6 is 23.2 Å². The van der Waals surface area contributed by atoms with E-state index >= 15 is 0 Å². The summed E-state index contributed by atoms with van der Waals surface area (Å²) in [6, 6.07) is 5.53. The maximum Gasteiger partial charge on any atom is 0.192 e. The van der Waals surface area contributed by atoms with Gasteiger partial charge in [0.1, 0.15) is 0 Å². The zero-order chi connectivity index (χ0) is 14.4. The third-order valence-electron chi connectivity index (χ3n) is 2.91. The largest absolute Gasteiger partial charge is 0.381 e. The summed E-state index contributed by atoms with van der Waals surface area (Å²) >= 11 is 12.4. The summed E-state index contributed by atoms with van der Waals surface area (Å²) < 4.78 is 4.93. The molecule has 0 spiro atoms. The number of hydrogen-bond acceptors (Lipinski definition) is 4. The van der Waals surface area contributed by atoms with Crippen molar-refractivity contribution < 1.29 is 4.74 Å². The molecule has 0 bridgehead atoms. The van der Waals surface area contributed by atoms with Gasteiger partial charge in [-0.25, -0.2) is 0 Å². The Balaban J connectivity index is 1.88. The summed E-state index contributed by atoms with van der Waals surface area (Å²) in [7, 11) is 1.66. The summed E-state index contributed by atoms with van der Waals surface area (Å²) in [5, 5.41) is 7.79. The molecule has 0 aromatic heterocycles. The zero-order valence-corrected chi connectivity index (χ0v) is 12.7. The molecule has 0 saturated carbocycles. The molecule has 0 saturated heterocycles. The van der Waals surface area contributed by atoms with Gasteiger partial charge in [-0.1, -0.05) is 41.4 Å². The molecule has 0 amide bonds. The minimum atomic E-state index is 0.0154. The van der Waals surface area contributed by atoms with Crippen LogP contribution in [-0.4, -0.2) is 32.8 Å². The molecule has 1 aliphatic rings. The lowest BCUT2D eigenvalue weighted by atomic mass is 10.1. The highest BCUT2D eigenvalue weighted by Crippen LogP contribution is 2.31. The molecule has 1 aromatic carbocycles. The van der Waals surface area contributed by atoms with E-state index in [1.807, 2.05) is 30.4 Å². The molecule has 1 heterocycles. The SMILES string of the molecule is COC/C=C/CNC1=NCC(c2c(Cl)cccc2Cl)N1. The third kappa shape index (κ3) is 3.88. The second-order valence-corrected chi connectivity index (χ2v) is 5.14. The number of halogens is 2. The molecule has 2 rings (SSSR count). The Labute approximate surface area is 128 Å². The molecular formula is C14H17Cl2N3O. The van der Waals surface area contributed by atoms with E-state index in [9.17, 15) is 0 Å². The Hall–Kier alpha value is -1.23. The van der Waals surface area contributed by atoms with Crippen LogP contribution < -0.4 is 10.6 Å². The lowest BCUT2D eigenvalue weighted by Gasteiger charge is -2.15.